The van der Waals surface area contributed by atoms with Crippen LogP contribution in [0.3, 0.4) is 0 Å². The van der Waals surface area contributed by atoms with Gasteiger partial charge in [-0.3, -0.25) is 4.90 Å². The Kier molecular flexibility index (Phi) is 4.93. The van der Waals surface area contributed by atoms with Crippen LogP contribution in [0, 0.1) is 6.92 Å². The summed E-state index contributed by atoms with van der Waals surface area (Å²) in [6, 6.07) is 6.28. The molecule has 2 aromatic rings. The third-order valence-corrected chi connectivity index (χ3v) is 4.91. The second-order valence-electron chi connectivity index (χ2n) is 5.83. The fraction of sp³-hybridized carbons (Fsp3) is 0.562. The van der Waals surface area contributed by atoms with Crippen molar-refractivity contribution in [2.45, 2.75) is 13.0 Å². The summed E-state index contributed by atoms with van der Waals surface area (Å²) < 4.78 is 6.53. The van der Waals surface area contributed by atoms with Crippen molar-refractivity contribution in [2.24, 2.45) is 0 Å². The number of aliphatic hydroxyl groups excluding tert-OH is 1. The van der Waals surface area contributed by atoms with Crippen molar-refractivity contribution in [3.63, 3.8) is 0 Å². The summed E-state index contributed by atoms with van der Waals surface area (Å²) in [7, 11) is 2.03. The lowest BCUT2D eigenvalue weighted by Gasteiger charge is -2.30. The maximum Gasteiger partial charge on any atom is 0.0907 e. The Morgan fingerprint density at radius 3 is 2.95 bits per heavy atom. The van der Waals surface area contributed by atoms with E-state index >= 15 is 0 Å². The summed E-state index contributed by atoms with van der Waals surface area (Å²) in [5.41, 5.74) is 2.17. The molecule has 0 bridgehead atoms. The molecule has 120 valence electrons. The second kappa shape index (κ2) is 6.91. The molecule has 1 aliphatic rings. The van der Waals surface area contributed by atoms with E-state index in [1.165, 1.54) is 4.70 Å². The van der Waals surface area contributed by atoms with Crippen LogP contribution < -0.4 is 4.90 Å². The zero-order chi connectivity index (χ0) is 15.5. The number of thiazole rings is 1. The Labute approximate surface area is 135 Å². The van der Waals surface area contributed by atoms with Crippen molar-refractivity contribution in [3.05, 3.63) is 23.2 Å². The van der Waals surface area contributed by atoms with Gasteiger partial charge < -0.3 is 14.7 Å². The first-order valence-corrected chi connectivity index (χ1v) is 8.50. The lowest BCUT2D eigenvalue weighted by atomic mass is 10.2. The number of morpholine rings is 1. The molecule has 0 amide bonds. The van der Waals surface area contributed by atoms with Crippen LogP contribution in [0.15, 0.2) is 18.2 Å². The number of anilines is 1. The summed E-state index contributed by atoms with van der Waals surface area (Å²) in [6.45, 7) is 6.71. The Morgan fingerprint density at radius 1 is 1.41 bits per heavy atom. The molecule has 6 heteroatoms. The number of rotatable bonds is 5. The highest BCUT2D eigenvalue weighted by atomic mass is 32.1. The van der Waals surface area contributed by atoms with Gasteiger partial charge >= 0.3 is 0 Å². The van der Waals surface area contributed by atoms with Gasteiger partial charge in [-0.1, -0.05) is 0 Å². The topological polar surface area (TPSA) is 48.8 Å². The molecule has 5 nitrogen and oxygen atoms in total. The number of hydrogen-bond donors (Lipinski definition) is 1. The van der Waals surface area contributed by atoms with E-state index in [0.717, 1.165) is 42.5 Å². The minimum absolute atomic E-state index is 0.359. The van der Waals surface area contributed by atoms with Crippen LogP contribution in [0.2, 0.25) is 0 Å². The molecule has 0 saturated carbocycles. The monoisotopic (exact) mass is 321 g/mol. The van der Waals surface area contributed by atoms with E-state index in [0.29, 0.717) is 13.1 Å². The molecule has 1 atom stereocenters. The quantitative estimate of drug-likeness (QED) is 0.909. The van der Waals surface area contributed by atoms with Crippen LogP contribution in [-0.4, -0.2) is 67.5 Å². The van der Waals surface area contributed by atoms with Crippen molar-refractivity contribution in [3.8, 4) is 0 Å². The number of fused-ring (bicyclic) bond motifs is 1. The molecular formula is C16H23N3O2S. The van der Waals surface area contributed by atoms with Crippen molar-refractivity contribution >= 4 is 27.2 Å². The molecular weight excluding hydrogens is 298 g/mol. The first kappa shape index (κ1) is 15.7. The number of ether oxygens (including phenoxy) is 1. The third-order valence-electron chi connectivity index (χ3n) is 3.98. The van der Waals surface area contributed by atoms with Gasteiger partial charge in [0.05, 0.1) is 34.5 Å². The van der Waals surface area contributed by atoms with Crippen molar-refractivity contribution < 1.29 is 9.84 Å². The standard InChI is InChI=1S/C16H23N3O2S/c1-12-17-15-4-3-13(9-16(15)22-12)18(2)10-14(20)11-19-5-7-21-8-6-19/h3-4,9,14,20H,5-8,10-11H2,1-2H3. The predicted octanol–water partition coefficient (Wildman–Crippen LogP) is 1.73. The Balaban J connectivity index is 1.60. The molecule has 2 heterocycles. The maximum atomic E-state index is 10.3. The zero-order valence-corrected chi connectivity index (χ0v) is 14.0. The number of likely N-dealkylation sites (N-methyl/N-ethyl adjacent to an activating group) is 1. The number of benzene rings is 1. The average Bonchev–Trinajstić information content (AvgIpc) is 2.87. The molecule has 1 aromatic carbocycles. The molecule has 1 N–H and O–H groups in total. The highest BCUT2D eigenvalue weighted by Gasteiger charge is 2.16. The van der Waals surface area contributed by atoms with E-state index in [4.69, 9.17) is 4.74 Å². The number of aromatic nitrogens is 1. The van der Waals surface area contributed by atoms with Crippen molar-refractivity contribution in [1.29, 1.82) is 0 Å². The fourth-order valence-electron chi connectivity index (χ4n) is 2.83. The van der Waals surface area contributed by atoms with Gasteiger partial charge in [0.15, 0.2) is 0 Å². The zero-order valence-electron chi connectivity index (χ0n) is 13.2. The first-order valence-electron chi connectivity index (χ1n) is 7.68. The van der Waals surface area contributed by atoms with Crippen LogP contribution in [0.25, 0.3) is 10.2 Å². The number of β-amino-alcohol motifs (C(OH)–C–C–N with tert-alkyl or cyclic N) is 1. The summed E-state index contributed by atoms with van der Waals surface area (Å²) in [5.74, 6) is 0. The first-order chi connectivity index (χ1) is 10.6. The summed E-state index contributed by atoms with van der Waals surface area (Å²) >= 11 is 1.71. The fourth-order valence-corrected chi connectivity index (χ4v) is 3.69. The maximum absolute atomic E-state index is 10.3. The molecule has 1 unspecified atom stereocenters. The molecule has 1 aromatic heterocycles. The molecule has 1 fully saturated rings. The van der Waals surface area contributed by atoms with Crippen LogP contribution >= 0.6 is 11.3 Å². The second-order valence-corrected chi connectivity index (χ2v) is 7.07. The van der Waals surface area contributed by atoms with E-state index in [1.54, 1.807) is 11.3 Å². The lowest BCUT2D eigenvalue weighted by molar-refractivity contribution is 0.0162. The van der Waals surface area contributed by atoms with E-state index in [2.05, 4.69) is 33.0 Å². The molecule has 0 spiro atoms. The number of aliphatic hydroxyl groups is 1. The van der Waals surface area contributed by atoms with Crippen LogP contribution in [0.4, 0.5) is 5.69 Å². The van der Waals surface area contributed by atoms with Gasteiger partial charge in [-0.05, 0) is 25.1 Å². The molecule has 0 aliphatic carbocycles. The van der Waals surface area contributed by atoms with E-state index in [9.17, 15) is 5.11 Å². The van der Waals surface area contributed by atoms with Gasteiger partial charge in [0, 0.05) is 38.9 Å². The Bertz CT molecular complexity index is 625. The largest absolute Gasteiger partial charge is 0.390 e. The van der Waals surface area contributed by atoms with Crippen LogP contribution in [-0.2, 0) is 4.74 Å². The van der Waals surface area contributed by atoms with Gasteiger partial charge in [0.25, 0.3) is 0 Å². The summed E-state index contributed by atoms with van der Waals surface area (Å²) in [5, 5.41) is 11.4. The van der Waals surface area contributed by atoms with Crippen molar-refractivity contribution in [2.75, 3.05) is 51.3 Å². The van der Waals surface area contributed by atoms with Gasteiger partial charge in [-0.25, -0.2) is 4.98 Å². The van der Waals surface area contributed by atoms with Crippen LogP contribution in [0.5, 0.6) is 0 Å². The van der Waals surface area contributed by atoms with E-state index in [1.807, 2.05) is 14.0 Å². The smallest absolute Gasteiger partial charge is 0.0907 e. The highest BCUT2D eigenvalue weighted by Crippen LogP contribution is 2.26. The molecule has 22 heavy (non-hydrogen) atoms. The highest BCUT2D eigenvalue weighted by molar-refractivity contribution is 7.18. The SMILES string of the molecule is Cc1nc2ccc(N(C)CC(O)CN3CCOCC3)cc2s1. The number of aryl methyl sites for hydroxylation is 1. The molecule has 0 radical (unpaired) electrons. The van der Waals surface area contributed by atoms with Gasteiger partial charge in [-0.15, -0.1) is 11.3 Å². The average molecular weight is 321 g/mol. The number of nitrogens with zero attached hydrogens (tertiary/aromatic N) is 3. The molecule has 1 saturated heterocycles. The summed E-state index contributed by atoms with van der Waals surface area (Å²) in [4.78, 5) is 8.86. The minimum atomic E-state index is -0.359. The van der Waals surface area contributed by atoms with Crippen molar-refractivity contribution in [1.82, 2.24) is 9.88 Å². The Morgan fingerprint density at radius 2 is 2.18 bits per heavy atom. The lowest BCUT2D eigenvalue weighted by Crippen LogP contribution is -2.44. The van der Waals surface area contributed by atoms with Crippen LogP contribution in [0.1, 0.15) is 5.01 Å². The summed E-state index contributed by atoms with van der Waals surface area (Å²) in [6.07, 6.45) is -0.359. The number of hydrogen-bond acceptors (Lipinski definition) is 6. The van der Waals surface area contributed by atoms with Gasteiger partial charge in [0.1, 0.15) is 0 Å². The van der Waals surface area contributed by atoms with Gasteiger partial charge in [-0.2, -0.15) is 0 Å². The normalized spacial score (nSPS) is 17.8. The van der Waals surface area contributed by atoms with E-state index < -0.39 is 0 Å². The third kappa shape index (κ3) is 3.76. The molecule has 1 aliphatic heterocycles. The molecule has 3 rings (SSSR count). The van der Waals surface area contributed by atoms with Gasteiger partial charge in [0.2, 0.25) is 0 Å². The van der Waals surface area contributed by atoms with E-state index in [-0.39, 0.29) is 6.10 Å². The minimum Gasteiger partial charge on any atom is -0.390 e. The Hall–Kier alpha value is -1.21. The predicted molar refractivity (Wildman–Crippen MR) is 90.9 cm³/mol.